The summed E-state index contributed by atoms with van der Waals surface area (Å²) in [5, 5.41) is 13.7. The maximum atomic E-state index is 12.6. The van der Waals surface area contributed by atoms with Gasteiger partial charge in [-0.3, -0.25) is 4.79 Å². The van der Waals surface area contributed by atoms with Crippen molar-refractivity contribution in [3.05, 3.63) is 53.1 Å². The van der Waals surface area contributed by atoms with Gasteiger partial charge in [-0.1, -0.05) is 23.4 Å². The number of nitrogens with zero attached hydrogens (tertiary/aromatic N) is 4. The Bertz CT molecular complexity index is 1490. The Morgan fingerprint density at radius 3 is 2.78 bits per heavy atom. The van der Waals surface area contributed by atoms with Crippen LogP contribution < -0.4 is 4.74 Å². The summed E-state index contributed by atoms with van der Waals surface area (Å²) in [5.74, 6) is 1.24. The van der Waals surface area contributed by atoms with Crippen LogP contribution in [0.25, 0.3) is 22.8 Å². The summed E-state index contributed by atoms with van der Waals surface area (Å²) < 4.78 is 34.7. The lowest BCUT2D eigenvalue weighted by atomic mass is 10.0. The van der Waals surface area contributed by atoms with E-state index in [0.717, 1.165) is 16.7 Å². The van der Waals surface area contributed by atoms with Gasteiger partial charge in [0.2, 0.25) is 11.7 Å². The number of ether oxygens (including phenoxy) is 1. The number of nitriles is 1. The first kappa shape index (κ1) is 24.0. The molecule has 1 saturated heterocycles. The van der Waals surface area contributed by atoms with Gasteiger partial charge in [0.25, 0.3) is 5.89 Å². The van der Waals surface area contributed by atoms with Crippen LogP contribution in [-0.4, -0.2) is 54.0 Å². The smallest absolute Gasteiger partial charge is 0.258 e. The van der Waals surface area contributed by atoms with Gasteiger partial charge >= 0.3 is 0 Å². The Morgan fingerprint density at radius 2 is 2.06 bits per heavy atom. The zero-order valence-electron chi connectivity index (χ0n) is 20.3. The Balaban J connectivity index is 1.45. The highest BCUT2D eigenvalue weighted by Gasteiger charge is 2.46. The third-order valence-corrected chi connectivity index (χ3v) is 7.54. The molecule has 186 valence electrons. The predicted octanol–water partition coefficient (Wildman–Crippen LogP) is 3.55. The lowest BCUT2D eigenvalue weighted by molar-refractivity contribution is -0.128. The highest BCUT2D eigenvalue weighted by atomic mass is 32.2. The standard InChI is InChI=1S/C26H26N4O5S/c1-15(2)34-22-8-7-16(11-18(22)14-27)26-28-25(29-35-26)20-6-4-5-19-21(20)12-17-13-23(31)30(24(17)19)9-10-36(3,32)33/h4-8,11,15,17,24H,9-10,12-13H2,1-3H3. The average Bonchev–Trinajstić information content (AvgIpc) is 3.51. The maximum absolute atomic E-state index is 12.6. The number of hydrogen-bond acceptors (Lipinski definition) is 8. The Morgan fingerprint density at radius 1 is 1.25 bits per heavy atom. The van der Waals surface area contributed by atoms with Crippen LogP contribution in [0.4, 0.5) is 0 Å². The largest absolute Gasteiger partial charge is 0.490 e. The molecule has 2 heterocycles. The first-order chi connectivity index (χ1) is 17.1. The number of hydrogen-bond donors (Lipinski definition) is 0. The number of aromatic nitrogens is 2. The van der Waals surface area contributed by atoms with E-state index in [2.05, 4.69) is 16.2 Å². The van der Waals surface area contributed by atoms with Gasteiger partial charge in [0.1, 0.15) is 21.7 Å². The van der Waals surface area contributed by atoms with Gasteiger partial charge in [0.15, 0.2) is 0 Å². The molecule has 2 unspecified atom stereocenters. The molecule has 9 nitrogen and oxygen atoms in total. The molecule has 36 heavy (non-hydrogen) atoms. The molecule has 0 saturated carbocycles. The van der Waals surface area contributed by atoms with E-state index in [1.54, 1.807) is 23.1 Å². The summed E-state index contributed by atoms with van der Waals surface area (Å²) in [4.78, 5) is 18.9. The summed E-state index contributed by atoms with van der Waals surface area (Å²) in [6.45, 7) is 3.98. The topological polar surface area (TPSA) is 126 Å². The maximum Gasteiger partial charge on any atom is 0.258 e. The Labute approximate surface area is 209 Å². The normalized spacial score (nSPS) is 18.9. The second-order valence-electron chi connectivity index (χ2n) is 9.62. The molecule has 10 heteroatoms. The van der Waals surface area contributed by atoms with E-state index in [4.69, 9.17) is 9.26 Å². The van der Waals surface area contributed by atoms with Crippen LogP contribution in [-0.2, 0) is 21.1 Å². The molecule has 1 amide bonds. The molecule has 1 aromatic heterocycles. The summed E-state index contributed by atoms with van der Waals surface area (Å²) >= 11 is 0. The summed E-state index contributed by atoms with van der Waals surface area (Å²) in [6, 6.07) is 13.0. The number of rotatable bonds is 7. The molecule has 3 aromatic rings. The van der Waals surface area contributed by atoms with Crippen molar-refractivity contribution in [3.8, 4) is 34.7 Å². The van der Waals surface area contributed by atoms with Gasteiger partial charge in [-0.25, -0.2) is 8.42 Å². The lowest BCUT2D eigenvalue weighted by Gasteiger charge is -2.25. The van der Waals surface area contributed by atoms with Crippen LogP contribution in [0.15, 0.2) is 40.9 Å². The lowest BCUT2D eigenvalue weighted by Crippen LogP contribution is -2.32. The van der Waals surface area contributed by atoms with E-state index in [-0.39, 0.29) is 36.3 Å². The fourth-order valence-electron chi connectivity index (χ4n) is 5.13. The molecule has 0 spiro atoms. The zero-order chi connectivity index (χ0) is 25.6. The molecular formula is C26H26N4O5S. The Kier molecular flexibility index (Phi) is 6.04. The third kappa shape index (κ3) is 4.46. The van der Waals surface area contributed by atoms with E-state index < -0.39 is 9.84 Å². The van der Waals surface area contributed by atoms with E-state index in [0.29, 0.717) is 41.4 Å². The summed E-state index contributed by atoms with van der Waals surface area (Å²) in [6.07, 6.45) is 2.20. The van der Waals surface area contributed by atoms with Crippen molar-refractivity contribution in [1.82, 2.24) is 15.0 Å². The minimum absolute atomic E-state index is 0.00950. The van der Waals surface area contributed by atoms with Gasteiger partial charge in [-0.2, -0.15) is 10.2 Å². The van der Waals surface area contributed by atoms with Crippen molar-refractivity contribution in [3.63, 3.8) is 0 Å². The average molecular weight is 507 g/mol. The first-order valence-corrected chi connectivity index (χ1v) is 13.8. The molecule has 0 bridgehead atoms. The number of amides is 1. The molecule has 2 aliphatic rings. The van der Waals surface area contributed by atoms with Gasteiger partial charge in [-0.05, 0) is 55.5 Å². The quantitative estimate of drug-likeness (QED) is 0.476. The minimum Gasteiger partial charge on any atom is -0.490 e. The summed E-state index contributed by atoms with van der Waals surface area (Å²) in [7, 11) is -3.18. The van der Waals surface area contributed by atoms with Gasteiger partial charge in [0.05, 0.1) is 23.5 Å². The molecule has 5 rings (SSSR count). The monoisotopic (exact) mass is 506 g/mol. The van der Waals surface area contributed by atoms with Crippen molar-refractivity contribution in [2.24, 2.45) is 5.92 Å². The molecule has 0 N–H and O–H groups in total. The fourth-order valence-corrected chi connectivity index (χ4v) is 5.66. The van der Waals surface area contributed by atoms with Crippen LogP contribution in [0.3, 0.4) is 0 Å². The predicted molar refractivity (Wildman–Crippen MR) is 132 cm³/mol. The van der Waals surface area contributed by atoms with Gasteiger partial charge in [-0.15, -0.1) is 0 Å². The number of benzene rings is 2. The molecule has 1 aliphatic carbocycles. The van der Waals surface area contributed by atoms with Crippen LogP contribution in [0.5, 0.6) is 5.75 Å². The zero-order valence-corrected chi connectivity index (χ0v) is 21.1. The molecule has 0 radical (unpaired) electrons. The number of carbonyl (C=O) groups is 1. The molecule has 1 fully saturated rings. The number of fused-ring (bicyclic) bond motifs is 3. The number of sulfone groups is 1. The Hall–Kier alpha value is -3.71. The van der Waals surface area contributed by atoms with Crippen LogP contribution in [0.2, 0.25) is 0 Å². The van der Waals surface area contributed by atoms with Gasteiger partial charge in [0, 0.05) is 30.3 Å². The molecule has 1 aliphatic heterocycles. The SMILES string of the molecule is CC(C)Oc1ccc(-c2nc(-c3cccc4c3CC3CC(=O)N(CCS(C)(=O)=O)C43)no2)cc1C#N. The highest BCUT2D eigenvalue weighted by Crippen LogP contribution is 2.49. The summed E-state index contributed by atoms with van der Waals surface area (Å²) in [5.41, 5.74) is 3.88. The third-order valence-electron chi connectivity index (χ3n) is 6.62. The molecular weight excluding hydrogens is 480 g/mol. The fraction of sp³-hybridized carbons (Fsp3) is 0.385. The number of likely N-dealkylation sites (tertiary alicyclic amines) is 1. The number of carbonyl (C=O) groups excluding carboxylic acids is 1. The van der Waals surface area contributed by atoms with Crippen LogP contribution in [0, 0.1) is 17.2 Å². The van der Waals surface area contributed by atoms with Crippen LogP contribution in [0.1, 0.15) is 43.0 Å². The van der Waals surface area contributed by atoms with Crippen molar-refractivity contribution in [2.75, 3.05) is 18.6 Å². The second kappa shape index (κ2) is 9.06. The second-order valence-corrected chi connectivity index (χ2v) is 11.9. The first-order valence-electron chi connectivity index (χ1n) is 11.8. The van der Waals surface area contributed by atoms with Crippen molar-refractivity contribution in [2.45, 2.75) is 38.8 Å². The highest BCUT2D eigenvalue weighted by molar-refractivity contribution is 7.90. The molecule has 2 atom stereocenters. The van der Waals surface area contributed by atoms with E-state index in [1.165, 1.54) is 6.26 Å². The van der Waals surface area contributed by atoms with E-state index in [9.17, 15) is 18.5 Å². The van der Waals surface area contributed by atoms with E-state index >= 15 is 0 Å². The van der Waals surface area contributed by atoms with Crippen LogP contribution >= 0.6 is 0 Å². The van der Waals surface area contributed by atoms with Crippen molar-refractivity contribution < 1.29 is 22.5 Å². The van der Waals surface area contributed by atoms with Crippen molar-refractivity contribution >= 4 is 15.7 Å². The van der Waals surface area contributed by atoms with Crippen molar-refractivity contribution in [1.29, 1.82) is 5.26 Å². The minimum atomic E-state index is -3.18. The van der Waals surface area contributed by atoms with E-state index in [1.807, 2.05) is 32.0 Å². The van der Waals surface area contributed by atoms with Gasteiger partial charge < -0.3 is 14.2 Å². The molecule has 2 aromatic carbocycles.